The monoisotopic (exact) mass is 360 g/mol. The van der Waals surface area contributed by atoms with Crippen LogP contribution in [0.3, 0.4) is 0 Å². The maximum absolute atomic E-state index is 12.2. The van der Waals surface area contributed by atoms with Crippen molar-refractivity contribution in [1.29, 1.82) is 0 Å². The molecule has 1 aromatic heterocycles. The Labute approximate surface area is 152 Å². The Morgan fingerprint density at radius 1 is 1.20 bits per heavy atom. The largest absolute Gasteiger partial charge is 0.379 e. The van der Waals surface area contributed by atoms with Crippen LogP contribution in [-0.2, 0) is 4.74 Å². The van der Waals surface area contributed by atoms with Gasteiger partial charge >= 0.3 is 0 Å². The van der Waals surface area contributed by atoms with E-state index >= 15 is 0 Å². The van der Waals surface area contributed by atoms with Crippen LogP contribution in [0, 0.1) is 0 Å². The quantitative estimate of drug-likeness (QED) is 0.828. The predicted molar refractivity (Wildman–Crippen MR) is 98.6 cm³/mol. The Hall–Kier alpha value is -2.15. The first-order valence-electron chi connectivity index (χ1n) is 8.28. The van der Waals surface area contributed by atoms with Gasteiger partial charge in [-0.15, -0.1) is 0 Å². The van der Waals surface area contributed by atoms with Gasteiger partial charge in [0.1, 0.15) is 5.69 Å². The van der Waals surface area contributed by atoms with E-state index in [1.165, 1.54) is 0 Å². The molecule has 1 saturated heterocycles. The van der Waals surface area contributed by atoms with Crippen molar-refractivity contribution >= 4 is 28.9 Å². The molecule has 1 aromatic carbocycles. The molecule has 0 bridgehead atoms. The zero-order valence-electron chi connectivity index (χ0n) is 13.9. The number of halogens is 1. The van der Waals surface area contributed by atoms with Crippen LogP contribution in [0.1, 0.15) is 10.5 Å². The molecule has 2 heterocycles. The summed E-state index contributed by atoms with van der Waals surface area (Å²) in [6.45, 7) is 4.76. The molecule has 0 aliphatic carbocycles. The molecule has 0 spiro atoms. The first-order chi connectivity index (χ1) is 12.2. The van der Waals surface area contributed by atoms with E-state index in [1.54, 1.807) is 12.3 Å². The van der Waals surface area contributed by atoms with Gasteiger partial charge in [0.25, 0.3) is 5.91 Å². The lowest BCUT2D eigenvalue weighted by molar-refractivity contribution is 0.0383. The molecule has 3 rings (SSSR count). The molecule has 7 heteroatoms. The van der Waals surface area contributed by atoms with Crippen molar-refractivity contribution in [1.82, 2.24) is 15.2 Å². The molecule has 0 unspecified atom stereocenters. The SMILES string of the molecule is O=C(NCCN1CCOCC1)c1ccc(Nc2ccccc2Cl)cn1. The van der Waals surface area contributed by atoms with Gasteiger partial charge in [0, 0.05) is 26.2 Å². The number of hydrogen-bond acceptors (Lipinski definition) is 5. The average Bonchev–Trinajstić information content (AvgIpc) is 2.65. The van der Waals surface area contributed by atoms with Crippen molar-refractivity contribution in [2.24, 2.45) is 0 Å². The number of rotatable bonds is 6. The fourth-order valence-corrected chi connectivity index (χ4v) is 2.75. The zero-order chi connectivity index (χ0) is 17.5. The topological polar surface area (TPSA) is 66.5 Å². The highest BCUT2D eigenvalue weighted by atomic mass is 35.5. The van der Waals surface area contributed by atoms with E-state index < -0.39 is 0 Å². The molecule has 2 N–H and O–H groups in total. The third-order valence-corrected chi connectivity index (χ3v) is 4.30. The van der Waals surface area contributed by atoms with Crippen molar-refractivity contribution in [2.75, 3.05) is 44.7 Å². The molecule has 0 saturated carbocycles. The molecule has 2 aromatic rings. The summed E-state index contributed by atoms with van der Waals surface area (Å²) in [7, 11) is 0. The van der Waals surface area contributed by atoms with Crippen LogP contribution in [0.5, 0.6) is 0 Å². The van der Waals surface area contributed by atoms with Gasteiger partial charge in [0.15, 0.2) is 0 Å². The summed E-state index contributed by atoms with van der Waals surface area (Å²) in [6.07, 6.45) is 1.63. The van der Waals surface area contributed by atoms with E-state index in [2.05, 4.69) is 20.5 Å². The predicted octanol–water partition coefficient (Wildman–Crippen LogP) is 2.54. The number of carbonyl (C=O) groups excluding carboxylic acids is 1. The molecule has 1 aliphatic rings. The van der Waals surface area contributed by atoms with Gasteiger partial charge in [-0.05, 0) is 24.3 Å². The van der Waals surface area contributed by atoms with Crippen molar-refractivity contribution < 1.29 is 9.53 Å². The van der Waals surface area contributed by atoms with Gasteiger partial charge in [0.05, 0.1) is 35.8 Å². The van der Waals surface area contributed by atoms with Crippen LogP contribution < -0.4 is 10.6 Å². The van der Waals surface area contributed by atoms with Gasteiger partial charge in [-0.2, -0.15) is 0 Å². The molecular weight excluding hydrogens is 340 g/mol. The average molecular weight is 361 g/mol. The third kappa shape index (κ3) is 5.16. The summed E-state index contributed by atoms with van der Waals surface area (Å²) < 4.78 is 5.30. The number of amides is 1. The van der Waals surface area contributed by atoms with Crippen LogP contribution >= 0.6 is 11.6 Å². The number of morpholine rings is 1. The minimum atomic E-state index is -0.169. The number of pyridine rings is 1. The molecule has 0 radical (unpaired) electrons. The van der Waals surface area contributed by atoms with E-state index in [4.69, 9.17) is 16.3 Å². The zero-order valence-corrected chi connectivity index (χ0v) is 14.6. The number of aromatic nitrogens is 1. The van der Waals surface area contributed by atoms with Gasteiger partial charge in [-0.3, -0.25) is 9.69 Å². The second-order valence-electron chi connectivity index (χ2n) is 5.75. The Morgan fingerprint density at radius 2 is 2.00 bits per heavy atom. The molecule has 0 atom stereocenters. The number of ether oxygens (including phenoxy) is 1. The minimum Gasteiger partial charge on any atom is -0.379 e. The van der Waals surface area contributed by atoms with E-state index in [0.717, 1.165) is 44.2 Å². The van der Waals surface area contributed by atoms with Crippen LogP contribution in [-0.4, -0.2) is 55.2 Å². The summed E-state index contributed by atoms with van der Waals surface area (Å²) in [5.74, 6) is -0.169. The summed E-state index contributed by atoms with van der Waals surface area (Å²) in [4.78, 5) is 18.6. The molecule has 6 nitrogen and oxygen atoms in total. The van der Waals surface area contributed by atoms with E-state index in [0.29, 0.717) is 17.3 Å². The van der Waals surface area contributed by atoms with Gasteiger partial charge in [-0.1, -0.05) is 23.7 Å². The Morgan fingerprint density at radius 3 is 2.72 bits per heavy atom. The standard InChI is InChI=1S/C18H21ClN4O2/c19-15-3-1-2-4-16(15)22-14-5-6-17(21-13-14)18(24)20-7-8-23-9-11-25-12-10-23/h1-6,13,22H,7-12H2,(H,20,24). The van der Waals surface area contributed by atoms with Gasteiger partial charge in [-0.25, -0.2) is 4.98 Å². The molecule has 132 valence electrons. The van der Waals surface area contributed by atoms with E-state index in [9.17, 15) is 4.79 Å². The molecule has 1 aliphatic heterocycles. The lowest BCUT2D eigenvalue weighted by atomic mass is 10.3. The smallest absolute Gasteiger partial charge is 0.269 e. The molecule has 25 heavy (non-hydrogen) atoms. The lowest BCUT2D eigenvalue weighted by Crippen LogP contribution is -2.41. The van der Waals surface area contributed by atoms with E-state index in [-0.39, 0.29) is 5.91 Å². The molecule has 1 fully saturated rings. The number of benzene rings is 1. The first-order valence-corrected chi connectivity index (χ1v) is 8.66. The number of hydrogen-bond donors (Lipinski definition) is 2. The Bertz CT molecular complexity index is 702. The highest BCUT2D eigenvalue weighted by Crippen LogP contribution is 2.24. The maximum Gasteiger partial charge on any atom is 0.269 e. The van der Waals surface area contributed by atoms with E-state index in [1.807, 2.05) is 30.3 Å². The number of nitrogens with one attached hydrogen (secondary N) is 2. The van der Waals surface area contributed by atoms with Gasteiger partial charge < -0.3 is 15.4 Å². The summed E-state index contributed by atoms with van der Waals surface area (Å²) in [5, 5.41) is 6.71. The number of carbonyl (C=O) groups is 1. The van der Waals surface area contributed by atoms with Crippen LogP contribution in [0.2, 0.25) is 5.02 Å². The Kier molecular flexibility index (Phi) is 6.22. The number of nitrogens with zero attached hydrogens (tertiary/aromatic N) is 2. The number of para-hydroxylation sites is 1. The first kappa shape index (κ1) is 17.7. The van der Waals surface area contributed by atoms with Crippen molar-refractivity contribution in [3.63, 3.8) is 0 Å². The van der Waals surface area contributed by atoms with Crippen LogP contribution in [0.4, 0.5) is 11.4 Å². The summed E-state index contributed by atoms with van der Waals surface area (Å²) in [5.41, 5.74) is 1.97. The second kappa shape index (κ2) is 8.80. The second-order valence-corrected chi connectivity index (χ2v) is 6.15. The maximum atomic E-state index is 12.2. The molecule has 1 amide bonds. The summed E-state index contributed by atoms with van der Waals surface area (Å²) in [6, 6.07) is 11.0. The highest BCUT2D eigenvalue weighted by molar-refractivity contribution is 6.33. The fourth-order valence-electron chi connectivity index (χ4n) is 2.56. The lowest BCUT2D eigenvalue weighted by Gasteiger charge is -2.26. The highest BCUT2D eigenvalue weighted by Gasteiger charge is 2.11. The third-order valence-electron chi connectivity index (χ3n) is 3.97. The summed E-state index contributed by atoms with van der Waals surface area (Å²) >= 11 is 6.12. The van der Waals surface area contributed by atoms with Crippen LogP contribution in [0.25, 0.3) is 0 Å². The van der Waals surface area contributed by atoms with Crippen molar-refractivity contribution in [3.8, 4) is 0 Å². The van der Waals surface area contributed by atoms with Crippen molar-refractivity contribution in [2.45, 2.75) is 0 Å². The minimum absolute atomic E-state index is 0.169. The van der Waals surface area contributed by atoms with Crippen molar-refractivity contribution in [3.05, 3.63) is 53.3 Å². The number of anilines is 2. The fraction of sp³-hybridized carbons (Fsp3) is 0.333. The van der Waals surface area contributed by atoms with Gasteiger partial charge in [0.2, 0.25) is 0 Å². The normalized spacial score (nSPS) is 14.9. The Balaban J connectivity index is 1.49. The van der Waals surface area contributed by atoms with Crippen LogP contribution in [0.15, 0.2) is 42.6 Å². The molecular formula is C18H21ClN4O2.